The largest absolute Gasteiger partial charge is 0.441 e. The number of rotatable bonds is 7. The molecule has 30 heavy (non-hydrogen) atoms. The van der Waals surface area contributed by atoms with E-state index in [4.69, 9.17) is 21.0 Å². The van der Waals surface area contributed by atoms with E-state index in [-0.39, 0.29) is 5.56 Å². The Morgan fingerprint density at radius 1 is 1.13 bits per heavy atom. The molecule has 0 amide bonds. The van der Waals surface area contributed by atoms with Crippen molar-refractivity contribution in [2.45, 2.75) is 44.1 Å². The first-order chi connectivity index (χ1) is 14.6. The number of oxazole rings is 1. The Morgan fingerprint density at radius 2 is 1.97 bits per heavy atom. The quantitative estimate of drug-likeness (QED) is 0.257. The van der Waals surface area contributed by atoms with Crippen molar-refractivity contribution in [2.24, 2.45) is 0 Å². The first kappa shape index (κ1) is 20.7. The van der Waals surface area contributed by atoms with Gasteiger partial charge >= 0.3 is 0 Å². The van der Waals surface area contributed by atoms with Crippen LogP contribution in [-0.2, 0) is 12.3 Å². The molecule has 4 aromatic rings. The van der Waals surface area contributed by atoms with Crippen molar-refractivity contribution in [3.63, 3.8) is 0 Å². The number of nitrogens with zero attached hydrogens (tertiary/aromatic N) is 3. The van der Waals surface area contributed by atoms with Gasteiger partial charge in [-0.25, -0.2) is 9.97 Å². The van der Waals surface area contributed by atoms with Crippen molar-refractivity contribution in [3.05, 3.63) is 75.4 Å². The molecule has 0 aliphatic rings. The lowest BCUT2D eigenvalue weighted by molar-refractivity contribution is 0.540. The van der Waals surface area contributed by atoms with Crippen LogP contribution in [0.15, 0.2) is 62.9 Å². The van der Waals surface area contributed by atoms with Crippen LogP contribution in [0.5, 0.6) is 0 Å². The molecule has 0 aliphatic heterocycles. The molecular weight excluding hydrogens is 418 g/mol. The van der Waals surface area contributed by atoms with Gasteiger partial charge in [0, 0.05) is 22.9 Å². The van der Waals surface area contributed by atoms with Crippen LogP contribution in [0.25, 0.3) is 22.4 Å². The summed E-state index contributed by atoms with van der Waals surface area (Å²) in [5.74, 6) is 1.86. The minimum Gasteiger partial charge on any atom is -0.441 e. The molecule has 0 bridgehead atoms. The van der Waals surface area contributed by atoms with Gasteiger partial charge in [-0.15, -0.1) is 0 Å². The van der Waals surface area contributed by atoms with Crippen LogP contribution in [0, 0.1) is 6.92 Å². The fourth-order valence-electron chi connectivity index (χ4n) is 3.21. The average Bonchev–Trinajstić information content (AvgIpc) is 3.12. The second-order valence-electron chi connectivity index (χ2n) is 7.04. The standard InChI is InChI=1S/C23H22ClN3O2S/c1-3-4-12-27-22(28)18-10-5-6-11-19(18)26-23(27)30-14-20-15(2)29-21(25-20)16-8-7-9-17(24)13-16/h5-11,13H,3-4,12,14H2,1-2H3. The second-order valence-corrected chi connectivity index (χ2v) is 8.42. The number of para-hydroxylation sites is 1. The van der Waals surface area contributed by atoms with Crippen LogP contribution in [0.2, 0.25) is 5.02 Å². The number of fused-ring (bicyclic) bond motifs is 1. The normalized spacial score (nSPS) is 11.3. The molecule has 2 aromatic carbocycles. The molecule has 5 nitrogen and oxygen atoms in total. The van der Waals surface area contributed by atoms with Gasteiger partial charge in [-0.1, -0.05) is 54.9 Å². The number of halogens is 1. The zero-order valence-corrected chi connectivity index (χ0v) is 18.5. The first-order valence-electron chi connectivity index (χ1n) is 9.91. The highest BCUT2D eigenvalue weighted by atomic mass is 35.5. The van der Waals surface area contributed by atoms with Crippen LogP contribution in [0.4, 0.5) is 0 Å². The summed E-state index contributed by atoms with van der Waals surface area (Å²) in [5.41, 5.74) is 2.40. The number of hydrogen-bond acceptors (Lipinski definition) is 5. The molecule has 4 rings (SSSR count). The smallest absolute Gasteiger partial charge is 0.262 e. The van der Waals surface area contributed by atoms with Gasteiger partial charge in [0.05, 0.1) is 16.6 Å². The van der Waals surface area contributed by atoms with Gasteiger partial charge < -0.3 is 4.42 Å². The molecule has 0 unspecified atom stereocenters. The fourth-order valence-corrected chi connectivity index (χ4v) is 4.43. The van der Waals surface area contributed by atoms with Crippen LogP contribution in [0.1, 0.15) is 31.2 Å². The Bertz CT molecular complexity index is 1250. The van der Waals surface area contributed by atoms with E-state index in [2.05, 4.69) is 11.9 Å². The SMILES string of the molecule is CCCCn1c(SCc2nc(-c3cccc(Cl)c3)oc2C)nc2ccccc2c1=O. The molecule has 0 atom stereocenters. The summed E-state index contributed by atoms with van der Waals surface area (Å²) in [5, 5.41) is 2.00. The number of hydrogen-bond donors (Lipinski definition) is 0. The Morgan fingerprint density at radius 3 is 2.77 bits per heavy atom. The number of aromatic nitrogens is 3. The third kappa shape index (κ3) is 4.30. The third-order valence-corrected chi connectivity index (χ3v) is 6.09. The molecule has 7 heteroatoms. The van der Waals surface area contributed by atoms with Gasteiger partial charge in [-0.2, -0.15) is 0 Å². The number of benzene rings is 2. The van der Waals surface area contributed by atoms with Gasteiger partial charge in [0.15, 0.2) is 5.16 Å². The lowest BCUT2D eigenvalue weighted by Crippen LogP contribution is -2.23. The van der Waals surface area contributed by atoms with Gasteiger partial charge in [-0.05, 0) is 43.7 Å². The Balaban J connectivity index is 1.64. The highest BCUT2D eigenvalue weighted by Crippen LogP contribution is 2.28. The van der Waals surface area contributed by atoms with Crippen molar-refractivity contribution in [2.75, 3.05) is 0 Å². The van der Waals surface area contributed by atoms with Gasteiger partial charge in [0.1, 0.15) is 5.76 Å². The first-order valence-corrected chi connectivity index (χ1v) is 11.3. The lowest BCUT2D eigenvalue weighted by Gasteiger charge is -2.12. The Labute approximate surface area is 184 Å². The van der Waals surface area contributed by atoms with E-state index in [1.807, 2.05) is 55.5 Å². The van der Waals surface area contributed by atoms with Gasteiger partial charge in [0.25, 0.3) is 5.56 Å². The van der Waals surface area contributed by atoms with Crippen molar-refractivity contribution >= 4 is 34.3 Å². The number of unbranched alkanes of at least 4 members (excludes halogenated alkanes) is 1. The average molecular weight is 440 g/mol. The van der Waals surface area contributed by atoms with Crippen molar-refractivity contribution in [3.8, 4) is 11.5 Å². The Kier molecular flexibility index (Phi) is 6.25. The molecule has 154 valence electrons. The second kappa shape index (κ2) is 9.06. The molecule has 0 spiro atoms. The summed E-state index contributed by atoms with van der Waals surface area (Å²) < 4.78 is 7.64. The lowest BCUT2D eigenvalue weighted by atomic mass is 10.2. The fraction of sp³-hybridized carbons (Fsp3) is 0.261. The minimum absolute atomic E-state index is 0.00745. The highest BCUT2D eigenvalue weighted by Gasteiger charge is 2.15. The number of aryl methyl sites for hydroxylation is 1. The minimum atomic E-state index is 0.00745. The van der Waals surface area contributed by atoms with Crippen molar-refractivity contribution in [1.82, 2.24) is 14.5 Å². The summed E-state index contributed by atoms with van der Waals surface area (Å²) in [6, 6.07) is 14.9. The summed E-state index contributed by atoms with van der Waals surface area (Å²) in [6.07, 6.45) is 1.93. The third-order valence-electron chi connectivity index (χ3n) is 4.86. The van der Waals surface area contributed by atoms with Gasteiger partial charge in [0.2, 0.25) is 5.89 Å². The molecule has 0 N–H and O–H groups in total. The monoisotopic (exact) mass is 439 g/mol. The zero-order valence-electron chi connectivity index (χ0n) is 16.9. The Hall–Kier alpha value is -2.57. The maximum Gasteiger partial charge on any atom is 0.262 e. The van der Waals surface area contributed by atoms with Crippen LogP contribution < -0.4 is 5.56 Å². The molecule has 2 heterocycles. The van der Waals surface area contributed by atoms with Crippen molar-refractivity contribution in [1.29, 1.82) is 0 Å². The summed E-state index contributed by atoms with van der Waals surface area (Å²) in [6.45, 7) is 4.67. The molecule has 0 aliphatic carbocycles. The predicted molar refractivity (Wildman–Crippen MR) is 122 cm³/mol. The maximum atomic E-state index is 13.0. The summed E-state index contributed by atoms with van der Waals surface area (Å²) >= 11 is 7.60. The van der Waals surface area contributed by atoms with E-state index in [0.29, 0.717) is 39.3 Å². The van der Waals surface area contributed by atoms with E-state index in [1.165, 1.54) is 11.8 Å². The molecule has 2 aromatic heterocycles. The molecule has 0 saturated heterocycles. The molecule has 0 saturated carbocycles. The topological polar surface area (TPSA) is 60.9 Å². The summed E-state index contributed by atoms with van der Waals surface area (Å²) in [7, 11) is 0. The van der Waals surface area contributed by atoms with E-state index >= 15 is 0 Å². The van der Waals surface area contributed by atoms with E-state index in [1.54, 1.807) is 4.57 Å². The highest BCUT2D eigenvalue weighted by molar-refractivity contribution is 7.98. The maximum absolute atomic E-state index is 13.0. The molecular formula is C23H22ClN3O2S. The van der Waals surface area contributed by atoms with Crippen molar-refractivity contribution < 1.29 is 4.42 Å². The molecule has 0 radical (unpaired) electrons. The van der Waals surface area contributed by atoms with E-state index < -0.39 is 0 Å². The van der Waals surface area contributed by atoms with Crippen LogP contribution in [0.3, 0.4) is 0 Å². The van der Waals surface area contributed by atoms with Crippen LogP contribution in [-0.4, -0.2) is 14.5 Å². The predicted octanol–water partition coefficient (Wildman–Crippen LogP) is 6.11. The zero-order chi connectivity index (χ0) is 21.1. The van der Waals surface area contributed by atoms with Crippen LogP contribution >= 0.6 is 23.4 Å². The molecule has 0 fully saturated rings. The van der Waals surface area contributed by atoms with Gasteiger partial charge in [-0.3, -0.25) is 9.36 Å². The van der Waals surface area contributed by atoms with E-state index in [9.17, 15) is 4.79 Å². The van der Waals surface area contributed by atoms with E-state index in [0.717, 1.165) is 29.9 Å². The summed E-state index contributed by atoms with van der Waals surface area (Å²) in [4.78, 5) is 22.4. The number of thioether (sulfide) groups is 1.